The molecule has 3 N–H and O–H groups in total. The minimum atomic E-state index is -1.05. The zero-order valence-electron chi connectivity index (χ0n) is 9.79. The van der Waals surface area contributed by atoms with Gasteiger partial charge in [0.15, 0.2) is 11.5 Å². The van der Waals surface area contributed by atoms with Crippen molar-refractivity contribution in [2.45, 2.75) is 0 Å². The van der Waals surface area contributed by atoms with Gasteiger partial charge in [-0.25, -0.2) is 9.78 Å². The summed E-state index contributed by atoms with van der Waals surface area (Å²) in [6.07, 6.45) is 1.44. The van der Waals surface area contributed by atoms with Crippen molar-refractivity contribution in [1.82, 2.24) is 4.98 Å². The summed E-state index contributed by atoms with van der Waals surface area (Å²) in [5.41, 5.74) is 6.79. The molecule has 19 heavy (non-hydrogen) atoms. The van der Waals surface area contributed by atoms with Crippen LogP contribution in [0.5, 0.6) is 11.5 Å². The van der Waals surface area contributed by atoms with E-state index in [2.05, 4.69) is 4.98 Å². The maximum absolute atomic E-state index is 11.2. The summed E-state index contributed by atoms with van der Waals surface area (Å²) in [6.45, 7) is 0.171. The van der Waals surface area contributed by atoms with Crippen LogP contribution in [0.1, 0.15) is 10.4 Å². The Kier molecular flexibility index (Phi) is 2.49. The lowest BCUT2D eigenvalue weighted by atomic mass is 10.0. The number of hydrogen-bond acceptors (Lipinski definition) is 5. The zero-order chi connectivity index (χ0) is 13.4. The maximum atomic E-state index is 11.2. The number of nitrogens with zero attached hydrogens (tertiary/aromatic N) is 1. The first-order valence-electron chi connectivity index (χ1n) is 5.54. The Labute approximate surface area is 108 Å². The van der Waals surface area contributed by atoms with Crippen LogP contribution in [0.15, 0.2) is 30.5 Å². The molecule has 0 saturated heterocycles. The van der Waals surface area contributed by atoms with Crippen LogP contribution in [0.2, 0.25) is 0 Å². The van der Waals surface area contributed by atoms with E-state index in [4.69, 9.17) is 15.2 Å². The summed E-state index contributed by atoms with van der Waals surface area (Å²) in [7, 11) is 0. The van der Waals surface area contributed by atoms with Crippen molar-refractivity contribution in [3.8, 4) is 22.6 Å². The minimum Gasteiger partial charge on any atom is -0.478 e. The molecule has 0 bridgehead atoms. The van der Waals surface area contributed by atoms with Crippen LogP contribution in [0.4, 0.5) is 5.82 Å². The van der Waals surface area contributed by atoms with Crippen LogP contribution >= 0.6 is 0 Å². The Morgan fingerprint density at radius 1 is 1.26 bits per heavy atom. The second kappa shape index (κ2) is 4.16. The average Bonchev–Trinajstić information content (AvgIpc) is 2.85. The summed E-state index contributed by atoms with van der Waals surface area (Å²) in [4.78, 5) is 15.2. The molecule has 3 rings (SSSR count). The second-order valence-electron chi connectivity index (χ2n) is 4.03. The molecule has 0 fully saturated rings. The number of nitrogens with two attached hydrogens (primary N) is 1. The molecular weight excluding hydrogens is 248 g/mol. The highest BCUT2D eigenvalue weighted by Gasteiger charge is 2.17. The number of rotatable bonds is 2. The quantitative estimate of drug-likeness (QED) is 0.852. The number of benzene rings is 1. The molecule has 0 amide bonds. The predicted molar refractivity (Wildman–Crippen MR) is 67.2 cm³/mol. The van der Waals surface area contributed by atoms with Crippen molar-refractivity contribution in [3.05, 3.63) is 36.0 Å². The van der Waals surface area contributed by atoms with Crippen LogP contribution in [0.25, 0.3) is 11.1 Å². The van der Waals surface area contributed by atoms with E-state index in [0.717, 1.165) is 0 Å². The van der Waals surface area contributed by atoms with Crippen molar-refractivity contribution >= 4 is 11.8 Å². The average molecular weight is 258 g/mol. The Morgan fingerprint density at radius 2 is 2.05 bits per heavy atom. The van der Waals surface area contributed by atoms with E-state index < -0.39 is 5.97 Å². The summed E-state index contributed by atoms with van der Waals surface area (Å²) < 4.78 is 10.5. The third kappa shape index (κ3) is 1.93. The van der Waals surface area contributed by atoms with E-state index >= 15 is 0 Å². The third-order valence-electron chi connectivity index (χ3n) is 2.84. The molecule has 2 heterocycles. The van der Waals surface area contributed by atoms with Gasteiger partial charge in [0.25, 0.3) is 0 Å². The van der Waals surface area contributed by atoms with E-state index in [1.165, 1.54) is 12.3 Å². The highest BCUT2D eigenvalue weighted by molar-refractivity contribution is 5.96. The lowest BCUT2D eigenvalue weighted by Crippen LogP contribution is -2.02. The molecule has 0 saturated carbocycles. The number of aromatic nitrogens is 1. The van der Waals surface area contributed by atoms with Gasteiger partial charge in [-0.3, -0.25) is 0 Å². The summed E-state index contributed by atoms with van der Waals surface area (Å²) in [6, 6.07) is 6.55. The van der Waals surface area contributed by atoms with Crippen molar-refractivity contribution < 1.29 is 19.4 Å². The van der Waals surface area contributed by atoms with Gasteiger partial charge in [0.05, 0.1) is 5.56 Å². The van der Waals surface area contributed by atoms with Gasteiger partial charge in [-0.05, 0) is 23.8 Å². The van der Waals surface area contributed by atoms with Gasteiger partial charge in [0.2, 0.25) is 6.79 Å². The molecule has 6 heteroatoms. The largest absolute Gasteiger partial charge is 0.478 e. The molecule has 1 aromatic heterocycles. The normalized spacial score (nSPS) is 12.4. The van der Waals surface area contributed by atoms with E-state index in [0.29, 0.717) is 22.6 Å². The number of carboxylic acid groups (broad SMARTS) is 1. The van der Waals surface area contributed by atoms with Gasteiger partial charge >= 0.3 is 5.97 Å². The Bertz CT molecular complexity index is 670. The first-order chi connectivity index (χ1) is 9.15. The fraction of sp³-hybridized carbons (Fsp3) is 0.0769. The second-order valence-corrected chi connectivity index (χ2v) is 4.03. The standard InChI is InChI=1S/C13H10N2O4/c14-12-4-8(13(16)17)9(5-15-12)7-1-2-10-11(3-7)19-6-18-10/h1-5H,6H2,(H2,14,15)(H,16,17). The van der Waals surface area contributed by atoms with Gasteiger partial charge in [0, 0.05) is 11.8 Å². The van der Waals surface area contributed by atoms with Gasteiger partial charge in [-0.2, -0.15) is 0 Å². The van der Waals surface area contributed by atoms with Crippen LogP contribution in [-0.4, -0.2) is 22.9 Å². The number of aromatic carboxylic acids is 1. The van der Waals surface area contributed by atoms with Gasteiger partial charge in [0.1, 0.15) is 5.82 Å². The highest BCUT2D eigenvalue weighted by atomic mass is 16.7. The summed E-state index contributed by atoms with van der Waals surface area (Å²) in [5.74, 6) is 0.346. The molecule has 96 valence electrons. The Morgan fingerprint density at radius 3 is 2.84 bits per heavy atom. The predicted octanol–water partition coefficient (Wildman–Crippen LogP) is 1.76. The number of carboxylic acids is 1. The van der Waals surface area contributed by atoms with Crippen LogP contribution in [-0.2, 0) is 0 Å². The molecule has 0 atom stereocenters. The molecule has 0 radical (unpaired) electrons. The van der Waals surface area contributed by atoms with Crippen LogP contribution < -0.4 is 15.2 Å². The van der Waals surface area contributed by atoms with E-state index in [1.54, 1.807) is 18.2 Å². The topological polar surface area (TPSA) is 94.7 Å². The van der Waals surface area contributed by atoms with Crippen molar-refractivity contribution in [2.24, 2.45) is 0 Å². The molecule has 1 aliphatic heterocycles. The molecule has 6 nitrogen and oxygen atoms in total. The smallest absolute Gasteiger partial charge is 0.336 e. The number of nitrogen functional groups attached to an aromatic ring is 1. The lowest BCUT2D eigenvalue weighted by molar-refractivity contribution is 0.0697. The van der Waals surface area contributed by atoms with Crippen LogP contribution in [0.3, 0.4) is 0 Å². The number of fused-ring (bicyclic) bond motifs is 1. The van der Waals surface area contributed by atoms with E-state index in [-0.39, 0.29) is 18.2 Å². The number of hydrogen-bond donors (Lipinski definition) is 2. The van der Waals surface area contributed by atoms with E-state index in [9.17, 15) is 9.90 Å². The van der Waals surface area contributed by atoms with E-state index in [1.807, 2.05) is 0 Å². The molecular formula is C13H10N2O4. The van der Waals surface area contributed by atoms with Gasteiger partial charge < -0.3 is 20.3 Å². The molecule has 2 aromatic rings. The van der Waals surface area contributed by atoms with Crippen molar-refractivity contribution in [1.29, 1.82) is 0 Å². The first-order valence-corrected chi connectivity index (χ1v) is 5.54. The number of ether oxygens (including phenoxy) is 2. The van der Waals surface area contributed by atoms with Crippen LogP contribution in [0, 0.1) is 0 Å². The fourth-order valence-corrected chi connectivity index (χ4v) is 1.94. The highest BCUT2D eigenvalue weighted by Crippen LogP contribution is 2.36. The van der Waals surface area contributed by atoms with Crippen molar-refractivity contribution in [2.75, 3.05) is 12.5 Å². The SMILES string of the molecule is Nc1cc(C(=O)O)c(-c2ccc3c(c2)OCO3)cn1. The number of anilines is 1. The summed E-state index contributed by atoms with van der Waals surface area (Å²) in [5, 5.41) is 9.21. The monoisotopic (exact) mass is 258 g/mol. The molecule has 0 spiro atoms. The molecule has 0 aliphatic carbocycles. The Hall–Kier alpha value is -2.76. The lowest BCUT2D eigenvalue weighted by Gasteiger charge is -2.07. The third-order valence-corrected chi connectivity index (χ3v) is 2.84. The minimum absolute atomic E-state index is 0.103. The Balaban J connectivity index is 2.14. The first kappa shape index (κ1) is 11.3. The maximum Gasteiger partial charge on any atom is 0.336 e. The molecule has 0 unspecified atom stereocenters. The van der Waals surface area contributed by atoms with Gasteiger partial charge in [-0.15, -0.1) is 0 Å². The number of carbonyl (C=O) groups is 1. The fourth-order valence-electron chi connectivity index (χ4n) is 1.94. The molecule has 1 aromatic carbocycles. The van der Waals surface area contributed by atoms with Crippen molar-refractivity contribution in [3.63, 3.8) is 0 Å². The summed E-state index contributed by atoms with van der Waals surface area (Å²) >= 11 is 0. The van der Waals surface area contributed by atoms with Gasteiger partial charge in [-0.1, -0.05) is 6.07 Å². The molecule has 1 aliphatic rings. The zero-order valence-corrected chi connectivity index (χ0v) is 9.79. The number of pyridine rings is 1.